The van der Waals surface area contributed by atoms with Gasteiger partial charge in [0.05, 0.1) is 5.69 Å². The minimum absolute atomic E-state index is 0.304. The lowest BCUT2D eigenvalue weighted by Gasteiger charge is -2.06. The first kappa shape index (κ1) is 19.9. The van der Waals surface area contributed by atoms with Crippen LogP contribution in [0.5, 0.6) is 0 Å². The number of nitrogens with one attached hydrogen (secondary N) is 2. The van der Waals surface area contributed by atoms with E-state index in [0.717, 1.165) is 23.3 Å². The SMILES string of the molecule is CCCNC(=O)NC(=O)COC(=O)c1sc(-c2ccc(Cl)cc2)nc1C. The molecule has 0 fully saturated rings. The van der Waals surface area contributed by atoms with Gasteiger partial charge in [0.2, 0.25) is 0 Å². The number of hydrogen-bond donors (Lipinski definition) is 2. The van der Waals surface area contributed by atoms with Crippen LogP contribution in [0.15, 0.2) is 24.3 Å². The fourth-order valence-corrected chi connectivity index (χ4v) is 3.04. The number of aryl methyl sites for hydroxylation is 1. The number of esters is 1. The van der Waals surface area contributed by atoms with Gasteiger partial charge in [0.1, 0.15) is 9.88 Å². The maximum atomic E-state index is 12.2. The molecule has 2 aromatic rings. The molecule has 0 spiro atoms. The van der Waals surface area contributed by atoms with Crippen molar-refractivity contribution in [2.75, 3.05) is 13.2 Å². The molecule has 138 valence electrons. The van der Waals surface area contributed by atoms with E-state index in [2.05, 4.69) is 15.6 Å². The van der Waals surface area contributed by atoms with Crippen molar-refractivity contribution in [3.63, 3.8) is 0 Å². The number of urea groups is 1. The molecule has 3 amide bonds. The molecule has 1 aromatic carbocycles. The minimum atomic E-state index is -0.702. The number of benzene rings is 1. The topological polar surface area (TPSA) is 97.4 Å². The normalized spacial score (nSPS) is 10.3. The standard InChI is InChI=1S/C17H18ClN3O4S/c1-3-8-19-17(24)21-13(22)9-25-16(23)14-10(2)20-15(26-14)11-4-6-12(18)7-5-11/h4-7H,3,8-9H2,1-2H3,(H2,19,21,22,24). The van der Waals surface area contributed by atoms with Crippen LogP contribution in [0.1, 0.15) is 28.7 Å². The van der Waals surface area contributed by atoms with Crippen LogP contribution in [0.25, 0.3) is 10.6 Å². The Labute approximate surface area is 159 Å². The molecule has 1 heterocycles. The van der Waals surface area contributed by atoms with Gasteiger partial charge in [-0.15, -0.1) is 11.3 Å². The lowest BCUT2D eigenvalue weighted by molar-refractivity contribution is -0.123. The predicted molar refractivity (Wildman–Crippen MR) is 99.4 cm³/mol. The number of rotatable bonds is 6. The Hall–Kier alpha value is -2.45. The fourth-order valence-electron chi connectivity index (χ4n) is 1.94. The second-order valence-corrected chi connectivity index (χ2v) is 6.76. The third-order valence-electron chi connectivity index (χ3n) is 3.20. The number of ether oxygens (including phenoxy) is 1. The van der Waals surface area contributed by atoms with E-state index < -0.39 is 24.5 Å². The first-order chi connectivity index (χ1) is 12.4. The van der Waals surface area contributed by atoms with Crippen molar-refractivity contribution in [1.82, 2.24) is 15.6 Å². The summed E-state index contributed by atoms with van der Waals surface area (Å²) in [5, 5.41) is 5.82. The Balaban J connectivity index is 1.94. The van der Waals surface area contributed by atoms with Crippen molar-refractivity contribution < 1.29 is 19.1 Å². The van der Waals surface area contributed by atoms with Crippen molar-refractivity contribution >= 4 is 40.8 Å². The molecule has 2 rings (SSSR count). The molecule has 0 unspecified atom stereocenters. The molecule has 1 aromatic heterocycles. The van der Waals surface area contributed by atoms with Gasteiger partial charge in [0.15, 0.2) is 6.61 Å². The van der Waals surface area contributed by atoms with Crippen LogP contribution < -0.4 is 10.6 Å². The highest BCUT2D eigenvalue weighted by Gasteiger charge is 2.19. The van der Waals surface area contributed by atoms with Crippen molar-refractivity contribution in [1.29, 1.82) is 0 Å². The second kappa shape index (κ2) is 9.30. The van der Waals surface area contributed by atoms with E-state index in [1.54, 1.807) is 31.2 Å². The van der Waals surface area contributed by atoms with Crippen LogP contribution in [0.2, 0.25) is 5.02 Å². The van der Waals surface area contributed by atoms with Gasteiger partial charge in [-0.05, 0) is 25.5 Å². The van der Waals surface area contributed by atoms with Gasteiger partial charge >= 0.3 is 12.0 Å². The highest BCUT2D eigenvalue weighted by molar-refractivity contribution is 7.17. The number of aromatic nitrogens is 1. The van der Waals surface area contributed by atoms with Crippen LogP contribution in [0.4, 0.5) is 4.79 Å². The van der Waals surface area contributed by atoms with Gasteiger partial charge in [0.25, 0.3) is 5.91 Å². The van der Waals surface area contributed by atoms with E-state index in [4.69, 9.17) is 16.3 Å². The molecule has 0 radical (unpaired) electrons. The highest BCUT2D eigenvalue weighted by Crippen LogP contribution is 2.29. The summed E-state index contributed by atoms with van der Waals surface area (Å²) in [6.07, 6.45) is 0.747. The van der Waals surface area contributed by atoms with E-state index in [9.17, 15) is 14.4 Å². The zero-order chi connectivity index (χ0) is 19.1. The monoisotopic (exact) mass is 395 g/mol. The Morgan fingerprint density at radius 1 is 1.23 bits per heavy atom. The third-order valence-corrected chi connectivity index (χ3v) is 4.63. The number of halogens is 1. The molecule has 7 nitrogen and oxygen atoms in total. The summed E-state index contributed by atoms with van der Waals surface area (Å²) in [5.41, 5.74) is 1.33. The van der Waals surface area contributed by atoms with E-state index in [-0.39, 0.29) is 0 Å². The molecular weight excluding hydrogens is 378 g/mol. The molecule has 26 heavy (non-hydrogen) atoms. The predicted octanol–water partition coefficient (Wildman–Crippen LogP) is 3.16. The molecule has 9 heteroatoms. The lowest BCUT2D eigenvalue weighted by atomic mass is 10.2. The molecule has 0 bridgehead atoms. The third kappa shape index (κ3) is 5.53. The van der Waals surface area contributed by atoms with Crippen LogP contribution >= 0.6 is 22.9 Å². The molecule has 0 aliphatic carbocycles. The fraction of sp³-hybridized carbons (Fsp3) is 0.294. The van der Waals surface area contributed by atoms with Gasteiger partial charge in [-0.1, -0.05) is 30.7 Å². The number of carbonyl (C=O) groups excluding carboxylic acids is 3. The average Bonchev–Trinajstić information content (AvgIpc) is 3.00. The highest BCUT2D eigenvalue weighted by atomic mass is 35.5. The van der Waals surface area contributed by atoms with Gasteiger partial charge in [0, 0.05) is 17.1 Å². The quantitative estimate of drug-likeness (QED) is 0.732. The Morgan fingerprint density at radius 3 is 2.58 bits per heavy atom. The van der Waals surface area contributed by atoms with Crippen LogP contribution in [0, 0.1) is 6.92 Å². The van der Waals surface area contributed by atoms with Gasteiger partial charge in [-0.2, -0.15) is 0 Å². The van der Waals surface area contributed by atoms with Crippen molar-refractivity contribution in [3.8, 4) is 10.6 Å². The summed E-state index contributed by atoms with van der Waals surface area (Å²) in [7, 11) is 0. The van der Waals surface area contributed by atoms with Crippen LogP contribution in [0.3, 0.4) is 0 Å². The first-order valence-corrected chi connectivity index (χ1v) is 9.08. The van der Waals surface area contributed by atoms with Crippen LogP contribution in [-0.4, -0.2) is 36.0 Å². The molecular formula is C17H18ClN3O4S. The maximum Gasteiger partial charge on any atom is 0.350 e. The molecule has 0 saturated heterocycles. The van der Waals surface area contributed by atoms with Crippen molar-refractivity contribution in [3.05, 3.63) is 39.9 Å². The van der Waals surface area contributed by atoms with E-state index in [1.807, 2.05) is 6.92 Å². The number of nitrogens with zero attached hydrogens (tertiary/aromatic N) is 1. The summed E-state index contributed by atoms with van der Waals surface area (Å²) in [6.45, 7) is 3.47. The second-order valence-electron chi connectivity index (χ2n) is 5.32. The molecule has 0 aliphatic rings. The Bertz CT molecular complexity index is 805. The van der Waals surface area contributed by atoms with Crippen molar-refractivity contribution in [2.45, 2.75) is 20.3 Å². The summed E-state index contributed by atoms with van der Waals surface area (Å²) in [5.74, 6) is -1.36. The molecule has 0 atom stereocenters. The van der Waals surface area contributed by atoms with Gasteiger partial charge < -0.3 is 10.1 Å². The molecule has 0 saturated carbocycles. The maximum absolute atomic E-state index is 12.2. The molecule has 2 N–H and O–H groups in total. The number of amides is 3. The van der Waals surface area contributed by atoms with E-state index in [0.29, 0.717) is 27.1 Å². The summed E-state index contributed by atoms with van der Waals surface area (Å²) >= 11 is 7.03. The van der Waals surface area contributed by atoms with Crippen LogP contribution in [-0.2, 0) is 9.53 Å². The zero-order valence-electron chi connectivity index (χ0n) is 14.3. The summed E-state index contributed by atoms with van der Waals surface area (Å²) in [4.78, 5) is 39.8. The number of carbonyl (C=O) groups is 3. The Kier molecular flexibility index (Phi) is 7.11. The summed E-state index contributed by atoms with van der Waals surface area (Å²) < 4.78 is 4.96. The first-order valence-electron chi connectivity index (χ1n) is 7.89. The zero-order valence-corrected chi connectivity index (χ0v) is 15.9. The number of hydrogen-bond acceptors (Lipinski definition) is 6. The molecule has 0 aliphatic heterocycles. The average molecular weight is 396 g/mol. The van der Waals surface area contributed by atoms with Crippen molar-refractivity contribution in [2.24, 2.45) is 0 Å². The Morgan fingerprint density at radius 2 is 1.92 bits per heavy atom. The lowest BCUT2D eigenvalue weighted by Crippen LogP contribution is -2.41. The van der Waals surface area contributed by atoms with E-state index in [1.165, 1.54) is 0 Å². The number of imide groups is 1. The smallest absolute Gasteiger partial charge is 0.350 e. The largest absolute Gasteiger partial charge is 0.451 e. The van der Waals surface area contributed by atoms with Gasteiger partial charge in [-0.25, -0.2) is 14.6 Å². The van der Waals surface area contributed by atoms with E-state index >= 15 is 0 Å². The number of thiazole rings is 1. The van der Waals surface area contributed by atoms with Gasteiger partial charge in [-0.3, -0.25) is 10.1 Å². The summed E-state index contributed by atoms with van der Waals surface area (Å²) in [6, 6.07) is 6.46. The minimum Gasteiger partial charge on any atom is -0.451 e.